The molecule has 1 N–H and O–H groups in total. The zero-order valence-electron chi connectivity index (χ0n) is 17.5. The van der Waals surface area contributed by atoms with Crippen molar-refractivity contribution >= 4 is 11.8 Å². The van der Waals surface area contributed by atoms with E-state index in [0.717, 1.165) is 62.2 Å². The first-order valence-corrected chi connectivity index (χ1v) is 11.2. The first-order chi connectivity index (χ1) is 14.1. The minimum Gasteiger partial charge on any atom is -0.491 e. The standard InChI is InChI=1S/C23H33N3O3/c1-2-25-11-3-4-20(16-25)24-22(27)10-6-17-5-9-21-19(14-17)15-26(12-13-29-21)23(28)18-7-8-18/h5,9,14,18,20H,2-4,6-8,10-13,15-16H2,1H3,(H,24,27). The number of carbonyl (C=O) groups excluding carboxylic acids is 2. The van der Waals surface area contributed by atoms with Gasteiger partial charge < -0.3 is 19.9 Å². The first-order valence-electron chi connectivity index (χ1n) is 11.2. The molecule has 6 heteroatoms. The number of carbonyl (C=O) groups is 2. The highest BCUT2D eigenvalue weighted by molar-refractivity contribution is 5.81. The van der Waals surface area contributed by atoms with Gasteiger partial charge in [0.05, 0.1) is 6.54 Å². The van der Waals surface area contributed by atoms with Crippen LogP contribution in [-0.2, 0) is 22.6 Å². The number of likely N-dealkylation sites (tertiary alicyclic amines) is 1. The van der Waals surface area contributed by atoms with Crippen molar-refractivity contribution in [3.63, 3.8) is 0 Å². The fraction of sp³-hybridized carbons (Fsp3) is 0.652. The van der Waals surface area contributed by atoms with Crippen molar-refractivity contribution in [1.29, 1.82) is 0 Å². The van der Waals surface area contributed by atoms with Crippen LogP contribution in [0.25, 0.3) is 0 Å². The average Bonchev–Trinajstić information content (AvgIpc) is 3.58. The minimum atomic E-state index is 0.129. The molecule has 2 amide bonds. The van der Waals surface area contributed by atoms with Crippen LogP contribution in [0.1, 0.15) is 50.2 Å². The number of hydrogen-bond acceptors (Lipinski definition) is 4. The lowest BCUT2D eigenvalue weighted by atomic mass is 10.0. The highest BCUT2D eigenvalue weighted by Gasteiger charge is 2.34. The van der Waals surface area contributed by atoms with E-state index in [9.17, 15) is 9.59 Å². The van der Waals surface area contributed by atoms with E-state index in [2.05, 4.69) is 23.2 Å². The molecule has 4 rings (SSSR count). The van der Waals surface area contributed by atoms with Gasteiger partial charge in [0.2, 0.25) is 11.8 Å². The molecule has 0 radical (unpaired) electrons. The summed E-state index contributed by atoms with van der Waals surface area (Å²) in [5.74, 6) is 1.49. The number of ether oxygens (including phenoxy) is 1. The first kappa shape index (κ1) is 20.2. The molecule has 1 atom stereocenters. The predicted octanol–water partition coefficient (Wildman–Crippen LogP) is 2.35. The van der Waals surface area contributed by atoms with Gasteiger partial charge in [0.25, 0.3) is 0 Å². The summed E-state index contributed by atoms with van der Waals surface area (Å²) in [6.07, 6.45) is 5.47. The fourth-order valence-corrected chi connectivity index (χ4v) is 4.40. The van der Waals surface area contributed by atoms with Gasteiger partial charge in [-0.3, -0.25) is 9.59 Å². The number of nitrogens with one attached hydrogen (secondary N) is 1. The molecule has 1 aromatic rings. The van der Waals surface area contributed by atoms with Crippen LogP contribution >= 0.6 is 0 Å². The maximum Gasteiger partial charge on any atom is 0.226 e. The van der Waals surface area contributed by atoms with Crippen molar-refractivity contribution in [2.24, 2.45) is 5.92 Å². The molecule has 3 aliphatic rings. The van der Waals surface area contributed by atoms with Crippen molar-refractivity contribution in [3.05, 3.63) is 29.3 Å². The summed E-state index contributed by atoms with van der Waals surface area (Å²) in [5, 5.41) is 3.21. The Labute approximate surface area is 173 Å². The zero-order valence-corrected chi connectivity index (χ0v) is 17.5. The Hall–Kier alpha value is -2.08. The lowest BCUT2D eigenvalue weighted by Gasteiger charge is -2.32. The Morgan fingerprint density at radius 3 is 2.86 bits per heavy atom. The molecule has 2 fully saturated rings. The molecule has 1 saturated heterocycles. The Kier molecular flexibility index (Phi) is 6.38. The number of aryl methyl sites for hydroxylation is 1. The van der Waals surface area contributed by atoms with Crippen molar-refractivity contribution in [1.82, 2.24) is 15.1 Å². The molecule has 0 spiro atoms. The Balaban J connectivity index is 1.31. The van der Waals surface area contributed by atoms with Gasteiger partial charge in [-0.25, -0.2) is 0 Å². The van der Waals surface area contributed by atoms with Gasteiger partial charge >= 0.3 is 0 Å². The number of hydrogen-bond donors (Lipinski definition) is 1. The summed E-state index contributed by atoms with van der Waals surface area (Å²) in [7, 11) is 0. The fourth-order valence-electron chi connectivity index (χ4n) is 4.40. The van der Waals surface area contributed by atoms with E-state index < -0.39 is 0 Å². The summed E-state index contributed by atoms with van der Waals surface area (Å²) in [6, 6.07) is 6.43. The zero-order chi connectivity index (χ0) is 20.2. The highest BCUT2D eigenvalue weighted by Crippen LogP contribution is 2.33. The average molecular weight is 400 g/mol. The van der Waals surface area contributed by atoms with E-state index in [-0.39, 0.29) is 23.8 Å². The molecule has 6 nitrogen and oxygen atoms in total. The van der Waals surface area contributed by atoms with Gasteiger partial charge in [-0.05, 0) is 56.8 Å². The third kappa shape index (κ3) is 5.30. The monoisotopic (exact) mass is 399 g/mol. The Bertz CT molecular complexity index is 747. The summed E-state index contributed by atoms with van der Waals surface area (Å²) < 4.78 is 5.85. The maximum atomic E-state index is 12.5. The normalized spacial score (nSPS) is 22.4. The Morgan fingerprint density at radius 2 is 2.07 bits per heavy atom. The van der Waals surface area contributed by atoms with E-state index in [0.29, 0.717) is 32.5 Å². The number of fused-ring (bicyclic) bond motifs is 1. The lowest BCUT2D eigenvalue weighted by Crippen LogP contribution is -2.47. The third-order valence-corrected chi connectivity index (χ3v) is 6.30. The number of amides is 2. The van der Waals surface area contributed by atoms with E-state index >= 15 is 0 Å². The summed E-state index contributed by atoms with van der Waals surface area (Å²) in [5.41, 5.74) is 2.18. The number of likely N-dealkylation sites (N-methyl/N-ethyl adjacent to an activating group) is 1. The molecule has 29 heavy (non-hydrogen) atoms. The quantitative estimate of drug-likeness (QED) is 0.798. The molecule has 1 aliphatic carbocycles. The topological polar surface area (TPSA) is 61.9 Å². The molecule has 2 heterocycles. The second-order valence-electron chi connectivity index (χ2n) is 8.62. The van der Waals surface area contributed by atoms with Crippen LogP contribution in [0.5, 0.6) is 5.75 Å². The SMILES string of the molecule is CCN1CCCC(NC(=O)CCc2ccc3c(c2)CN(C(=O)C2CC2)CCO3)C1. The van der Waals surface area contributed by atoms with E-state index in [1.165, 1.54) is 0 Å². The van der Waals surface area contributed by atoms with Crippen molar-refractivity contribution in [2.75, 3.05) is 32.8 Å². The predicted molar refractivity (Wildman–Crippen MR) is 112 cm³/mol. The molecule has 1 aromatic carbocycles. The number of rotatable bonds is 6. The molecular weight excluding hydrogens is 366 g/mol. The van der Waals surface area contributed by atoms with Crippen molar-refractivity contribution in [2.45, 2.75) is 58.0 Å². The van der Waals surface area contributed by atoms with E-state index in [1.54, 1.807) is 0 Å². The third-order valence-electron chi connectivity index (χ3n) is 6.30. The van der Waals surface area contributed by atoms with Crippen LogP contribution in [0.4, 0.5) is 0 Å². The van der Waals surface area contributed by atoms with Crippen LogP contribution < -0.4 is 10.1 Å². The van der Waals surface area contributed by atoms with Crippen LogP contribution in [0.2, 0.25) is 0 Å². The smallest absolute Gasteiger partial charge is 0.226 e. The molecule has 0 aromatic heterocycles. The van der Waals surface area contributed by atoms with Crippen LogP contribution in [-0.4, -0.2) is 60.4 Å². The number of piperidine rings is 1. The van der Waals surface area contributed by atoms with Crippen LogP contribution in [0.3, 0.4) is 0 Å². The largest absolute Gasteiger partial charge is 0.491 e. The van der Waals surface area contributed by atoms with E-state index in [1.807, 2.05) is 17.0 Å². The number of benzene rings is 1. The van der Waals surface area contributed by atoms with Crippen molar-refractivity contribution < 1.29 is 14.3 Å². The summed E-state index contributed by atoms with van der Waals surface area (Å²) in [6.45, 7) is 7.12. The van der Waals surface area contributed by atoms with Crippen LogP contribution in [0, 0.1) is 5.92 Å². The molecule has 0 bridgehead atoms. The van der Waals surface area contributed by atoms with Gasteiger partial charge in [0, 0.05) is 37.0 Å². The van der Waals surface area contributed by atoms with Gasteiger partial charge in [0.1, 0.15) is 12.4 Å². The highest BCUT2D eigenvalue weighted by atomic mass is 16.5. The van der Waals surface area contributed by atoms with E-state index in [4.69, 9.17) is 4.74 Å². The second kappa shape index (κ2) is 9.16. The second-order valence-corrected chi connectivity index (χ2v) is 8.62. The lowest BCUT2D eigenvalue weighted by molar-refractivity contribution is -0.133. The van der Waals surface area contributed by atoms with Gasteiger partial charge in [-0.1, -0.05) is 19.1 Å². The van der Waals surface area contributed by atoms with Crippen molar-refractivity contribution in [3.8, 4) is 5.75 Å². The Morgan fingerprint density at radius 1 is 1.21 bits per heavy atom. The minimum absolute atomic E-state index is 0.129. The molecule has 2 aliphatic heterocycles. The molecule has 1 saturated carbocycles. The summed E-state index contributed by atoms with van der Waals surface area (Å²) in [4.78, 5) is 29.2. The van der Waals surface area contributed by atoms with Gasteiger partial charge in [-0.15, -0.1) is 0 Å². The summed E-state index contributed by atoms with van der Waals surface area (Å²) >= 11 is 0. The maximum absolute atomic E-state index is 12.5. The molecule has 158 valence electrons. The van der Waals surface area contributed by atoms with Gasteiger partial charge in [0.15, 0.2) is 0 Å². The molecule has 1 unspecified atom stereocenters. The molecular formula is C23H33N3O3. The van der Waals surface area contributed by atoms with Gasteiger partial charge in [-0.2, -0.15) is 0 Å². The number of nitrogens with zero attached hydrogens (tertiary/aromatic N) is 2. The van der Waals surface area contributed by atoms with Crippen LogP contribution in [0.15, 0.2) is 18.2 Å².